The lowest BCUT2D eigenvalue weighted by molar-refractivity contribution is 1.39. The molecule has 0 aliphatic heterocycles. The molecule has 0 fully saturated rings. The van der Waals surface area contributed by atoms with E-state index < -0.39 is 0 Å². The molecule has 0 heterocycles. The third kappa shape index (κ3) is 3.45. The van der Waals surface area contributed by atoms with Gasteiger partial charge in [-0.3, -0.25) is 4.99 Å². The highest BCUT2D eigenvalue weighted by Gasteiger charge is 1.99. The molecule has 3 nitrogen and oxygen atoms in total. The van der Waals surface area contributed by atoms with E-state index in [4.69, 9.17) is 5.73 Å². The number of para-hydroxylation sites is 1. The zero-order valence-electron chi connectivity index (χ0n) is 10.7. The van der Waals surface area contributed by atoms with E-state index in [0.29, 0.717) is 0 Å². The summed E-state index contributed by atoms with van der Waals surface area (Å²) >= 11 is 1.38. The molecule has 0 saturated heterocycles. The van der Waals surface area contributed by atoms with Crippen LogP contribution in [0.5, 0.6) is 0 Å². The van der Waals surface area contributed by atoms with E-state index in [2.05, 4.69) is 16.1 Å². The molecule has 0 atom stereocenters. The molecule has 0 radical (unpaired) electrons. The molecule has 4 heteroatoms. The maximum atomic E-state index is 5.76. The monoisotopic (exact) mass is 269 g/mol. The number of hydrogen-bond acceptors (Lipinski definition) is 4. The molecular formula is C15H15N3S. The van der Waals surface area contributed by atoms with Crippen molar-refractivity contribution in [3.05, 3.63) is 53.6 Å². The average Bonchev–Trinajstić information content (AvgIpc) is 2.43. The highest BCUT2D eigenvalue weighted by atomic mass is 32.2. The van der Waals surface area contributed by atoms with E-state index in [9.17, 15) is 0 Å². The van der Waals surface area contributed by atoms with Gasteiger partial charge in [0.1, 0.15) is 0 Å². The first kappa shape index (κ1) is 13.4. The van der Waals surface area contributed by atoms with Gasteiger partial charge < -0.3 is 5.73 Å². The Kier molecular flexibility index (Phi) is 4.36. The van der Waals surface area contributed by atoms with Crippen molar-refractivity contribution in [3.63, 3.8) is 0 Å². The number of aliphatic imine (C=N–C) groups is 1. The third-order valence-corrected chi connectivity index (χ3v) is 3.43. The van der Waals surface area contributed by atoms with Gasteiger partial charge in [-0.2, -0.15) is 0 Å². The van der Waals surface area contributed by atoms with Crippen LogP contribution in [0.2, 0.25) is 0 Å². The fraction of sp³-hybridized carbons (Fsp3) is 0.0667. The molecule has 96 valence electrons. The van der Waals surface area contributed by atoms with Crippen LogP contribution >= 0.6 is 11.9 Å². The standard InChI is InChI=1S/C15H15N3S/c1-11-7-8-13(16)9-12(11)10-18-19-15-6-4-3-5-14(15)17-2/h3-10H,2,16H2,1H3. The van der Waals surface area contributed by atoms with Gasteiger partial charge in [-0.25, -0.2) is 4.40 Å². The molecule has 2 aromatic rings. The Balaban J connectivity index is 2.15. The van der Waals surface area contributed by atoms with Gasteiger partial charge in [-0.1, -0.05) is 18.2 Å². The molecule has 2 N–H and O–H groups in total. The predicted molar refractivity (Wildman–Crippen MR) is 84.7 cm³/mol. The zero-order chi connectivity index (χ0) is 13.7. The van der Waals surface area contributed by atoms with Crippen molar-refractivity contribution >= 4 is 36.3 Å². The van der Waals surface area contributed by atoms with Crippen LogP contribution < -0.4 is 5.73 Å². The number of nitrogens with zero attached hydrogens (tertiary/aromatic N) is 2. The van der Waals surface area contributed by atoms with E-state index in [-0.39, 0.29) is 0 Å². The van der Waals surface area contributed by atoms with Crippen molar-refractivity contribution in [2.24, 2.45) is 9.39 Å². The molecule has 0 aliphatic carbocycles. The molecule has 0 spiro atoms. The Labute approximate surface area is 117 Å². The topological polar surface area (TPSA) is 50.7 Å². The highest BCUT2D eigenvalue weighted by Crippen LogP contribution is 2.29. The summed E-state index contributed by atoms with van der Waals surface area (Å²) in [4.78, 5) is 4.94. The number of nitrogens with two attached hydrogens (primary N) is 1. The van der Waals surface area contributed by atoms with Crippen LogP contribution in [-0.2, 0) is 0 Å². The van der Waals surface area contributed by atoms with Gasteiger partial charge >= 0.3 is 0 Å². The maximum absolute atomic E-state index is 5.76. The fourth-order valence-electron chi connectivity index (χ4n) is 1.60. The zero-order valence-corrected chi connectivity index (χ0v) is 11.5. The summed E-state index contributed by atoms with van der Waals surface area (Å²) < 4.78 is 4.37. The Morgan fingerprint density at radius 3 is 2.79 bits per heavy atom. The van der Waals surface area contributed by atoms with Crippen molar-refractivity contribution in [2.75, 3.05) is 5.73 Å². The molecule has 0 aliphatic rings. The predicted octanol–water partition coefficient (Wildman–Crippen LogP) is 4.04. The van der Waals surface area contributed by atoms with Crippen molar-refractivity contribution < 1.29 is 0 Å². The van der Waals surface area contributed by atoms with Gasteiger partial charge in [-0.15, -0.1) is 0 Å². The van der Waals surface area contributed by atoms with E-state index in [1.54, 1.807) is 0 Å². The summed E-state index contributed by atoms with van der Waals surface area (Å²) in [5.41, 5.74) is 9.52. The van der Waals surface area contributed by atoms with Crippen molar-refractivity contribution in [1.82, 2.24) is 0 Å². The number of hydrogen-bond donors (Lipinski definition) is 1. The minimum Gasteiger partial charge on any atom is -0.399 e. The van der Waals surface area contributed by atoms with Gasteiger partial charge in [0.15, 0.2) is 0 Å². The Hall–Kier alpha value is -2.07. The summed E-state index contributed by atoms with van der Waals surface area (Å²) in [6.45, 7) is 5.58. The van der Waals surface area contributed by atoms with Gasteiger partial charge in [0.2, 0.25) is 0 Å². The number of rotatable bonds is 4. The van der Waals surface area contributed by atoms with E-state index in [1.165, 1.54) is 11.9 Å². The van der Waals surface area contributed by atoms with Crippen LogP contribution in [0.1, 0.15) is 11.1 Å². The lowest BCUT2D eigenvalue weighted by Crippen LogP contribution is -1.90. The van der Waals surface area contributed by atoms with Crippen LogP contribution in [-0.4, -0.2) is 12.9 Å². The second-order valence-corrected chi connectivity index (χ2v) is 4.90. The second-order valence-electron chi connectivity index (χ2n) is 4.07. The Bertz CT molecular complexity index is 621. The molecule has 0 amide bonds. The van der Waals surface area contributed by atoms with Gasteiger partial charge in [-0.05, 0) is 49.0 Å². The molecule has 2 rings (SSSR count). The molecule has 0 unspecified atom stereocenters. The SMILES string of the molecule is C=Nc1ccccc1SN=Cc1cc(N)ccc1C. The highest BCUT2D eigenvalue weighted by molar-refractivity contribution is 7.98. The quantitative estimate of drug-likeness (QED) is 0.517. The van der Waals surface area contributed by atoms with Crippen molar-refractivity contribution in [2.45, 2.75) is 11.8 Å². The van der Waals surface area contributed by atoms with Crippen LogP contribution in [0.25, 0.3) is 0 Å². The van der Waals surface area contributed by atoms with Crippen LogP contribution in [0.15, 0.2) is 56.8 Å². The van der Waals surface area contributed by atoms with Gasteiger partial charge in [0.25, 0.3) is 0 Å². The van der Waals surface area contributed by atoms with Crippen LogP contribution in [0.3, 0.4) is 0 Å². The van der Waals surface area contributed by atoms with Gasteiger partial charge in [0, 0.05) is 23.8 Å². The smallest absolute Gasteiger partial charge is 0.0776 e. The largest absolute Gasteiger partial charge is 0.399 e. The summed E-state index contributed by atoms with van der Waals surface area (Å²) in [5, 5.41) is 0. The third-order valence-electron chi connectivity index (χ3n) is 2.68. The second kappa shape index (κ2) is 6.20. The number of aryl methyl sites for hydroxylation is 1. The fourth-order valence-corrected chi connectivity index (χ4v) is 2.25. The number of nitrogen functional groups attached to an aromatic ring is 1. The molecular weight excluding hydrogens is 254 g/mol. The lowest BCUT2D eigenvalue weighted by Gasteiger charge is -2.02. The lowest BCUT2D eigenvalue weighted by atomic mass is 10.1. The Morgan fingerprint density at radius 1 is 1.21 bits per heavy atom. The van der Waals surface area contributed by atoms with E-state index >= 15 is 0 Å². The van der Waals surface area contributed by atoms with Crippen molar-refractivity contribution in [3.8, 4) is 0 Å². The molecule has 0 aromatic heterocycles. The minimum atomic E-state index is 0.741. The van der Waals surface area contributed by atoms with E-state index in [0.717, 1.165) is 27.4 Å². The number of anilines is 1. The summed E-state index contributed by atoms with van der Waals surface area (Å²) in [5.74, 6) is 0. The normalized spacial score (nSPS) is 10.8. The number of benzene rings is 2. The molecule has 0 saturated carbocycles. The first-order valence-corrected chi connectivity index (χ1v) is 6.60. The van der Waals surface area contributed by atoms with E-state index in [1.807, 2.05) is 55.6 Å². The molecule has 0 bridgehead atoms. The van der Waals surface area contributed by atoms with Crippen molar-refractivity contribution in [1.29, 1.82) is 0 Å². The first-order chi connectivity index (χ1) is 9.20. The van der Waals surface area contributed by atoms with Gasteiger partial charge in [0.05, 0.1) is 10.6 Å². The average molecular weight is 269 g/mol. The van der Waals surface area contributed by atoms with Crippen LogP contribution in [0.4, 0.5) is 11.4 Å². The molecule has 19 heavy (non-hydrogen) atoms. The van der Waals surface area contributed by atoms with Crippen LogP contribution in [0, 0.1) is 6.92 Å². The summed E-state index contributed by atoms with van der Waals surface area (Å²) in [7, 11) is 0. The summed E-state index contributed by atoms with van der Waals surface area (Å²) in [6.07, 6.45) is 1.82. The maximum Gasteiger partial charge on any atom is 0.0776 e. The Morgan fingerprint density at radius 2 is 2.00 bits per heavy atom. The summed E-state index contributed by atoms with van der Waals surface area (Å²) in [6, 6.07) is 13.6. The molecule has 2 aromatic carbocycles. The first-order valence-electron chi connectivity index (χ1n) is 5.83. The minimum absolute atomic E-state index is 0.741.